The van der Waals surface area contributed by atoms with E-state index in [0.717, 1.165) is 12.1 Å². The molecule has 0 atom stereocenters. The number of amides is 1. The molecule has 8 heteroatoms. The predicted molar refractivity (Wildman–Crippen MR) is 87.8 cm³/mol. The van der Waals surface area contributed by atoms with Crippen molar-refractivity contribution in [1.82, 2.24) is 14.9 Å². The summed E-state index contributed by atoms with van der Waals surface area (Å²) < 4.78 is 43.6. The predicted octanol–water partition coefficient (Wildman–Crippen LogP) is 3.49. The molecule has 1 aliphatic heterocycles. The van der Waals surface area contributed by atoms with Gasteiger partial charge in [0, 0.05) is 43.8 Å². The summed E-state index contributed by atoms with van der Waals surface area (Å²) in [6.45, 7) is 2.74. The number of rotatable bonds is 3. The van der Waals surface area contributed by atoms with Gasteiger partial charge in [-0.05, 0) is 31.2 Å². The second kappa shape index (κ2) is 7.31. The maximum absolute atomic E-state index is 12.6. The number of ether oxygens (including phenoxy) is 1. The highest BCUT2D eigenvalue weighted by atomic mass is 19.4. The number of piperidine rings is 1. The van der Waals surface area contributed by atoms with Crippen LogP contribution in [-0.4, -0.2) is 40.0 Å². The molecule has 0 bridgehead atoms. The Morgan fingerprint density at radius 2 is 1.81 bits per heavy atom. The fourth-order valence-electron chi connectivity index (χ4n) is 2.83. The highest BCUT2D eigenvalue weighted by Gasteiger charge is 2.31. The lowest BCUT2D eigenvalue weighted by atomic mass is 10.1. The van der Waals surface area contributed by atoms with Crippen molar-refractivity contribution in [1.29, 1.82) is 0 Å². The van der Waals surface area contributed by atoms with Crippen molar-refractivity contribution in [3.05, 3.63) is 53.5 Å². The summed E-state index contributed by atoms with van der Waals surface area (Å²) in [6.07, 6.45) is -1.57. The molecule has 0 radical (unpaired) electrons. The third kappa shape index (κ3) is 4.30. The number of alkyl halides is 3. The molecule has 138 valence electrons. The van der Waals surface area contributed by atoms with Crippen molar-refractivity contribution in [2.45, 2.75) is 32.0 Å². The third-order valence-corrected chi connectivity index (χ3v) is 4.23. The number of hydrogen-bond donors (Lipinski definition) is 0. The summed E-state index contributed by atoms with van der Waals surface area (Å²) >= 11 is 0. The number of likely N-dealkylation sites (tertiary alicyclic amines) is 1. The van der Waals surface area contributed by atoms with E-state index < -0.39 is 11.7 Å². The van der Waals surface area contributed by atoms with Gasteiger partial charge in [-0.15, -0.1) is 0 Å². The number of hydrogen-bond acceptors (Lipinski definition) is 4. The Bertz CT molecular complexity index is 770. The Morgan fingerprint density at radius 3 is 2.38 bits per heavy atom. The molecular formula is C18H18F3N3O2. The zero-order valence-electron chi connectivity index (χ0n) is 14.2. The van der Waals surface area contributed by atoms with Crippen molar-refractivity contribution in [2.24, 2.45) is 0 Å². The molecule has 0 saturated carbocycles. The first-order chi connectivity index (χ1) is 12.3. The van der Waals surface area contributed by atoms with Crippen LogP contribution in [0.25, 0.3) is 0 Å². The Kier molecular flexibility index (Phi) is 5.11. The van der Waals surface area contributed by atoms with Crippen LogP contribution < -0.4 is 4.74 Å². The van der Waals surface area contributed by atoms with E-state index in [1.54, 1.807) is 24.1 Å². The highest BCUT2D eigenvalue weighted by Crippen LogP contribution is 2.29. The second-order valence-electron chi connectivity index (χ2n) is 6.13. The van der Waals surface area contributed by atoms with Crippen LogP contribution in [0.2, 0.25) is 0 Å². The van der Waals surface area contributed by atoms with E-state index in [-0.39, 0.29) is 17.6 Å². The van der Waals surface area contributed by atoms with Crippen LogP contribution in [0.4, 0.5) is 13.2 Å². The van der Waals surface area contributed by atoms with Gasteiger partial charge in [-0.2, -0.15) is 18.2 Å². The number of carbonyl (C=O) groups excluding carboxylic acids is 1. The van der Waals surface area contributed by atoms with Gasteiger partial charge in [0.05, 0.1) is 5.56 Å². The third-order valence-electron chi connectivity index (χ3n) is 4.23. The van der Waals surface area contributed by atoms with Gasteiger partial charge in [-0.3, -0.25) is 4.79 Å². The average Bonchev–Trinajstić information content (AvgIpc) is 2.61. The van der Waals surface area contributed by atoms with Crippen molar-refractivity contribution < 1.29 is 22.7 Å². The molecule has 1 amide bonds. The van der Waals surface area contributed by atoms with Crippen LogP contribution in [0.3, 0.4) is 0 Å². The Balaban J connectivity index is 1.56. The zero-order chi connectivity index (χ0) is 18.7. The first-order valence-electron chi connectivity index (χ1n) is 8.26. The van der Waals surface area contributed by atoms with Gasteiger partial charge < -0.3 is 9.64 Å². The summed E-state index contributed by atoms with van der Waals surface area (Å²) in [6, 6.07) is 5.99. The maximum atomic E-state index is 12.6. The maximum Gasteiger partial charge on any atom is 0.416 e. The molecule has 5 nitrogen and oxygen atoms in total. The Labute approximate surface area is 148 Å². The van der Waals surface area contributed by atoms with Gasteiger partial charge in [0.25, 0.3) is 5.91 Å². The van der Waals surface area contributed by atoms with Gasteiger partial charge in [-0.1, -0.05) is 0 Å². The molecule has 1 fully saturated rings. The second-order valence-corrected chi connectivity index (χ2v) is 6.13. The van der Waals surface area contributed by atoms with Crippen LogP contribution in [0.1, 0.15) is 34.6 Å². The summed E-state index contributed by atoms with van der Waals surface area (Å²) in [5.41, 5.74) is -0.509. The summed E-state index contributed by atoms with van der Waals surface area (Å²) in [7, 11) is 0. The fourth-order valence-corrected chi connectivity index (χ4v) is 2.83. The standard InChI is InChI=1S/C18H18F3N3O2/c1-12-22-9-6-16(23-12)26-15-7-10-24(11-8-15)17(25)13-2-4-14(5-3-13)18(19,20)21/h2-6,9,15H,7-8,10-11H2,1H3. The quantitative estimate of drug-likeness (QED) is 0.836. The molecule has 1 aliphatic rings. The van der Waals surface area contributed by atoms with Crippen LogP contribution in [0.5, 0.6) is 5.88 Å². The van der Waals surface area contributed by atoms with Crippen LogP contribution >= 0.6 is 0 Å². The molecule has 0 aliphatic carbocycles. The highest BCUT2D eigenvalue weighted by molar-refractivity contribution is 5.94. The molecule has 2 aromatic rings. The van der Waals surface area contributed by atoms with Gasteiger partial charge in [0.15, 0.2) is 0 Å². The molecule has 1 aromatic carbocycles. The number of carbonyl (C=O) groups is 1. The first kappa shape index (κ1) is 18.2. The molecular weight excluding hydrogens is 347 g/mol. The molecule has 1 aromatic heterocycles. The van der Waals surface area contributed by atoms with Crippen molar-refractivity contribution >= 4 is 5.91 Å². The van der Waals surface area contributed by atoms with E-state index in [1.165, 1.54) is 12.1 Å². The van der Waals surface area contributed by atoms with E-state index in [9.17, 15) is 18.0 Å². The first-order valence-corrected chi connectivity index (χ1v) is 8.26. The minimum atomic E-state index is -4.41. The van der Waals surface area contributed by atoms with E-state index in [0.29, 0.717) is 37.6 Å². The van der Waals surface area contributed by atoms with Crippen molar-refractivity contribution in [3.8, 4) is 5.88 Å². The molecule has 0 N–H and O–H groups in total. The average molecular weight is 365 g/mol. The van der Waals surface area contributed by atoms with Crippen molar-refractivity contribution in [3.63, 3.8) is 0 Å². The van der Waals surface area contributed by atoms with Crippen LogP contribution in [-0.2, 0) is 6.18 Å². The van der Waals surface area contributed by atoms with Gasteiger partial charge in [0.1, 0.15) is 11.9 Å². The summed E-state index contributed by atoms with van der Waals surface area (Å²) in [5.74, 6) is 0.859. The largest absolute Gasteiger partial charge is 0.474 e. The molecule has 2 heterocycles. The minimum Gasteiger partial charge on any atom is -0.474 e. The number of aromatic nitrogens is 2. The Hall–Kier alpha value is -2.64. The normalized spacial score (nSPS) is 15.8. The van der Waals surface area contributed by atoms with Crippen LogP contribution in [0.15, 0.2) is 36.5 Å². The fraction of sp³-hybridized carbons (Fsp3) is 0.389. The molecule has 0 unspecified atom stereocenters. The number of benzene rings is 1. The minimum absolute atomic E-state index is 0.0547. The van der Waals surface area contributed by atoms with Crippen molar-refractivity contribution in [2.75, 3.05) is 13.1 Å². The van der Waals surface area contributed by atoms with E-state index in [1.807, 2.05) is 0 Å². The lowest BCUT2D eigenvalue weighted by Crippen LogP contribution is -2.41. The van der Waals surface area contributed by atoms with E-state index in [2.05, 4.69) is 9.97 Å². The number of nitrogens with zero attached hydrogens (tertiary/aromatic N) is 3. The molecule has 3 rings (SSSR count). The van der Waals surface area contributed by atoms with Gasteiger partial charge in [0.2, 0.25) is 5.88 Å². The Morgan fingerprint density at radius 1 is 1.15 bits per heavy atom. The molecule has 26 heavy (non-hydrogen) atoms. The van der Waals surface area contributed by atoms with Gasteiger partial charge >= 0.3 is 6.18 Å². The lowest BCUT2D eigenvalue weighted by Gasteiger charge is -2.32. The number of aryl methyl sites for hydroxylation is 1. The lowest BCUT2D eigenvalue weighted by molar-refractivity contribution is -0.137. The topological polar surface area (TPSA) is 55.3 Å². The summed E-state index contributed by atoms with van der Waals surface area (Å²) in [5, 5.41) is 0. The summed E-state index contributed by atoms with van der Waals surface area (Å²) in [4.78, 5) is 22.3. The van der Waals surface area contributed by atoms with Crippen LogP contribution in [0, 0.1) is 6.92 Å². The van der Waals surface area contributed by atoms with Gasteiger partial charge in [-0.25, -0.2) is 4.98 Å². The molecule has 1 saturated heterocycles. The van der Waals surface area contributed by atoms with E-state index in [4.69, 9.17) is 4.74 Å². The smallest absolute Gasteiger partial charge is 0.416 e. The van der Waals surface area contributed by atoms with E-state index >= 15 is 0 Å². The number of halogens is 3. The monoisotopic (exact) mass is 365 g/mol. The molecule has 0 spiro atoms. The zero-order valence-corrected chi connectivity index (χ0v) is 14.2. The SMILES string of the molecule is Cc1nccc(OC2CCN(C(=O)c3ccc(C(F)(F)F)cc3)CC2)n1.